The second-order valence-corrected chi connectivity index (χ2v) is 6.22. The van der Waals surface area contributed by atoms with E-state index in [1.54, 1.807) is 11.1 Å². The maximum Gasteiger partial charge on any atom is 0.0349 e. The molecule has 1 aromatic rings. The molecule has 2 aliphatic carbocycles. The van der Waals surface area contributed by atoms with E-state index in [0.717, 1.165) is 0 Å². The van der Waals surface area contributed by atoms with E-state index in [0.29, 0.717) is 5.41 Å². The Hall–Kier alpha value is -0.820. The molecule has 1 saturated carbocycles. The number of fused-ring (bicyclic) bond motifs is 1. The van der Waals surface area contributed by atoms with E-state index in [1.807, 2.05) is 0 Å². The summed E-state index contributed by atoms with van der Waals surface area (Å²) >= 11 is 0. The van der Waals surface area contributed by atoms with Crippen LogP contribution in [0.2, 0.25) is 0 Å². The largest absolute Gasteiger partial charge is 0.323 e. The van der Waals surface area contributed by atoms with Crippen LogP contribution in [0.5, 0.6) is 0 Å². The number of hydrogen-bond acceptors (Lipinski definition) is 1. The van der Waals surface area contributed by atoms with Crippen LogP contribution in [0.15, 0.2) is 18.2 Å². The Balaban J connectivity index is 1.88. The SMILES string of the molecule is CC1(C(N)c2ccc3c(c2)CCC3)CCCC1. The summed E-state index contributed by atoms with van der Waals surface area (Å²) in [5, 5.41) is 0. The predicted molar refractivity (Wildman–Crippen MR) is 72.0 cm³/mol. The van der Waals surface area contributed by atoms with Crippen LogP contribution in [0, 0.1) is 5.41 Å². The average Bonchev–Trinajstić information content (AvgIpc) is 2.96. The zero-order valence-corrected chi connectivity index (χ0v) is 10.8. The summed E-state index contributed by atoms with van der Waals surface area (Å²) in [7, 11) is 0. The second kappa shape index (κ2) is 4.13. The van der Waals surface area contributed by atoms with Gasteiger partial charge in [0.25, 0.3) is 0 Å². The topological polar surface area (TPSA) is 26.0 Å². The molecule has 2 N–H and O–H groups in total. The predicted octanol–water partition coefficient (Wildman–Crippen LogP) is 3.76. The van der Waals surface area contributed by atoms with E-state index < -0.39 is 0 Å². The van der Waals surface area contributed by atoms with Crippen molar-refractivity contribution in [3.05, 3.63) is 34.9 Å². The molecule has 0 saturated heterocycles. The van der Waals surface area contributed by atoms with Gasteiger partial charge in [-0.25, -0.2) is 0 Å². The summed E-state index contributed by atoms with van der Waals surface area (Å²) in [6.07, 6.45) is 9.15. The maximum absolute atomic E-state index is 6.53. The Morgan fingerprint density at radius 3 is 2.53 bits per heavy atom. The van der Waals surface area contributed by atoms with E-state index in [4.69, 9.17) is 5.73 Å². The number of benzene rings is 1. The number of rotatable bonds is 2. The van der Waals surface area contributed by atoms with E-state index in [-0.39, 0.29) is 6.04 Å². The van der Waals surface area contributed by atoms with Crippen LogP contribution < -0.4 is 5.73 Å². The molecular formula is C16H23N. The van der Waals surface area contributed by atoms with Gasteiger partial charge in [0.05, 0.1) is 0 Å². The third kappa shape index (κ3) is 1.91. The molecule has 0 radical (unpaired) electrons. The molecule has 92 valence electrons. The molecule has 1 fully saturated rings. The van der Waals surface area contributed by atoms with E-state index in [9.17, 15) is 0 Å². The molecule has 0 bridgehead atoms. The molecule has 0 aromatic heterocycles. The summed E-state index contributed by atoms with van der Waals surface area (Å²) in [4.78, 5) is 0. The fourth-order valence-corrected chi connectivity index (χ4v) is 3.68. The third-order valence-electron chi connectivity index (χ3n) is 4.98. The first-order valence-electron chi connectivity index (χ1n) is 7.06. The molecule has 1 nitrogen and oxygen atoms in total. The molecule has 0 aliphatic heterocycles. The zero-order valence-electron chi connectivity index (χ0n) is 10.8. The van der Waals surface area contributed by atoms with Crippen LogP contribution in [0.1, 0.15) is 61.8 Å². The van der Waals surface area contributed by atoms with Gasteiger partial charge in [-0.1, -0.05) is 38.0 Å². The highest BCUT2D eigenvalue weighted by Gasteiger charge is 2.35. The Kier molecular flexibility index (Phi) is 2.74. The third-order valence-corrected chi connectivity index (χ3v) is 4.98. The minimum absolute atomic E-state index is 0.232. The van der Waals surface area contributed by atoms with Crippen molar-refractivity contribution in [1.82, 2.24) is 0 Å². The van der Waals surface area contributed by atoms with Crippen LogP contribution in [-0.2, 0) is 12.8 Å². The van der Waals surface area contributed by atoms with E-state index >= 15 is 0 Å². The highest BCUT2D eigenvalue weighted by Crippen LogP contribution is 2.46. The Morgan fingerprint density at radius 2 is 1.76 bits per heavy atom. The fourth-order valence-electron chi connectivity index (χ4n) is 3.68. The minimum atomic E-state index is 0.232. The summed E-state index contributed by atoms with van der Waals surface area (Å²) < 4.78 is 0. The molecular weight excluding hydrogens is 206 g/mol. The van der Waals surface area contributed by atoms with Gasteiger partial charge in [0.1, 0.15) is 0 Å². The van der Waals surface area contributed by atoms with Gasteiger partial charge in [-0.2, -0.15) is 0 Å². The highest BCUT2D eigenvalue weighted by atomic mass is 14.7. The van der Waals surface area contributed by atoms with Gasteiger partial charge >= 0.3 is 0 Å². The molecule has 17 heavy (non-hydrogen) atoms. The van der Waals surface area contributed by atoms with Crippen molar-refractivity contribution in [1.29, 1.82) is 0 Å². The van der Waals surface area contributed by atoms with Gasteiger partial charge in [0.15, 0.2) is 0 Å². The normalized spacial score (nSPS) is 23.6. The summed E-state index contributed by atoms with van der Waals surface area (Å²) in [6.45, 7) is 2.37. The minimum Gasteiger partial charge on any atom is -0.323 e. The first-order chi connectivity index (χ1) is 8.19. The molecule has 3 rings (SSSR count). The van der Waals surface area contributed by atoms with Crippen molar-refractivity contribution in [2.75, 3.05) is 0 Å². The van der Waals surface area contributed by atoms with Crippen LogP contribution >= 0.6 is 0 Å². The lowest BCUT2D eigenvalue weighted by atomic mass is 9.77. The number of hydrogen-bond donors (Lipinski definition) is 1. The molecule has 0 spiro atoms. The van der Waals surface area contributed by atoms with Gasteiger partial charge in [0, 0.05) is 6.04 Å². The van der Waals surface area contributed by atoms with Crippen molar-refractivity contribution < 1.29 is 0 Å². The molecule has 1 aromatic carbocycles. The smallest absolute Gasteiger partial charge is 0.0349 e. The Bertz CT molecular complexity index is 416. The highest BCUT2D eigenvalue weighted by molar-refractivity contribution is 5.37. The summed E-state index contributed by atoms with van der Waals surface area (Å²) in [5.74, 6) is 0. The van der Waals surface area contributed by atoms with Crippen molar-refractivity contribution in [2.24, 2.45) is 11.1 Å². The standard InChI is InChI=1S/C16H23N/c1-16(9-2-3-10-16)15(17)14-8-7-12-5-4-6-13(12)11-14/h7-8,11,15H,2-6,9-10,17H2,1H3. The van der Waals surface area contributed by atoms with Crippen molar-refractivity contribution in [3.63, 3.8) is 0 Å². The molecule has 1 heteroatoms. The monoisotopic (exact) mass is 229 g/mol. The molecule has 0 amide bonds. The van der Waals surface area contributed by atoms with E-state index in [1.165, 1.54) is 50.5 Å². The van der Waals surface area contributed by atoms with E-state index in [2.05, 4.69) is 25.1 Å². The van der Waals surface area contributed by atoms with Crippen LogP contribution in [0.4, 0.5) is 0 Å². The van der Waals surface area contributed by atoms with Gasteiger partial charge in [0.2, 0.25) is 0 Å². The zero-order chi connectivity index (χ0) is 11.9. The summed E-state index contributed by atoms with van der Waals surface area (Å²) in [6, 6.07) is 7.21. The van der Waals surface area contributed by atoms with Crippen LogP contribution in [-0.4, -0.2) is 0 Å². The molecule has 0 heterocycles. The first kappa shape index (κ1) is 11.3. The molecule has 1 atom stereocenters. The van der Waals surface area contributed by atoms with Gasteiger partial charge in [-0.05, 0) is 54.2 Å². The van der Waals surface area contributed by atoms with Gasteiger partial charge in [-0.15, -0.1) is 0 Å². The number of nitrogens with two attached hydrogens (primary N) is 1. The van der Waals surface area contributed by atoms with Crippen molar-refractivity contribution >= 4 is 0 Å². The second-order valence-electron chi connectivity index (χ2n) is 6.22. The lowest BCUT2D eigenvalue weighted by Gasteiger charge is -2.31. The quantitative estimate of drug-likeness (QED) is 0.821. The first-order valence-corrected chi connectivity index (χ1v) is 7.06. The lowest BCUT2D eigenvalue weighted by Crippen LogP contribution is -2.29. The maximum atomic E-state index is 6.53. The average molecular weight is 229 g/mol. The van der Waals surface area contributed by atoms with Crippen LogP contribution in [0.25, 0.3) is 0 Å². The Morgan fingerprint density at radius 1 is 1.06 bits per heavy atom. The lowest BCUT2D eigenvalue weighted by molar-refractivity contribution is 0.265. The van der Waals surface area contributed by atoms with Gasteiger partial charge < -0.3 is 5.73 Å². The van der Waals surface area contributed by atoms with Gasteiger partial charge in [-0.3, -0.25) is 0 Å². The summed E-state index contributed by atoms with van der Waals surface area (Å²) in [5.41, 5.74) is 11.3. The van der Waals surface area contributed by atoms with Crippen molar-refractivity contribution in [3.8, 4) is 0 Å². The molecule has 2 aliphatic rings. The fraction of sp³-hybridized carbons (Fsp3) is 0.625. The van der Waals surface area contributed by atoms with Crippen LogP contribution in [0.3, 0.4) is 0 Å². The van der Waals surface area contributed by atoms with Crippen molar-refractivity contribution in [2.45, 2.75) is 57.9 Å². The number of aryl methyl sites for hydroxylation is 2. The molecule has 1 unspecified atom stereocenters. The Labute approximate surface area is 104 Å².